The average Bonchev–Trinajstić information content (AvgIpc) is 3.40. The van der Waals surface area contributed by atoms with Crippen LogP contribution in [0, 0.1) is 6.92 Å². The fraction of sp³-hybridized carbons (Fsp3) is 0.406. The lowest BCUT2D eigenvalue weighted by Gasteiger charge is -2.31. The normalized spacial score (nSPS) is 14.8. The zero-order chi connectivity index (χ0) is 28.3. The molecule has 0 bridgehead atoms. The number of anilines is 1. The van der Waals surface area contributed by atoms with Gasteiger partial charge in [-0.2, -0.15) is 5.10 Å². The third kappa shape index (κ3) is 6.62. The number of ether oxygens (including phenoxy) is 2. The third-order valence-electron chi connectivity index (χ3n) is 7.34. The summed E-state index contributed by atoms with van der Waals surface area (Å²) in [6.07, 6.45) is 7.84. The van der Waals surface area contributed by atoms with Crippen molar-refractivity contribution in [2.75, 3.05) is 25.0 Å². The number of aryl methyl sites for hydroxylation is 1. The van der Waals surface area contributed by atoms with Gasteiger partial charge in [0.2, 0.25) is 5.91 Å². The molecule has 0 unspecified atom stereocenters. The number of rotatable bonds is 8. The summed E-state index contributed by atoms with van der Waals surface area (Å²) in [4.78, 5) is 19.7. The summed E-state index contributed by atoms with van der Waals surface area (Å²) >= 11 is 0. The number of aromatic nitrogens is 3. The Kier molecular flexibility index (Phi) is 8.07. The SMILES string of the molecule is CCN1CCC(Oc2ccc3nccc(Oc4ccc(CC(=O)Nc5cnn(C(C)(C)C)c5)cc4C)c3c2)CC1. The smallest absolute Gasteiger partial charge is 0.228 e. The number of nitrogens with one attached hydrogen (secondary N) is 1. The Labute approximate surface area is 236 Å². The predicted molar refractivity (Wildman–Crippen MR) is 158 cm³/mol. The van der Waals surface area contributed by atoms with Crippen LogP contribution in [0.4, 0.5) is 5.69 Å². The van der Waals surface area contributed by atoms with Gasteiger partial charge < -0.3 is 19.7 Å². The van der Waals surface area contributed by atoms with Gasteiger partial charge in [0.15, 0.2) is 0 Å². The Balaban J connectivity index is 1.25. The molecular formula is C32H39N5O3. The molecule has 1 aliphatic rings. The predicted octanol–water partition coefficient (Wildman–Crippen LogP) is 6.33. The first-order valence-electron chi connectivity index (χ1n) is 14.1. The number of piperidine rings is 1. The number of carbonyl (C=O) groups excluding carboxylic acids is 1. The van der Waals surface area contributed by atoms with Crippen LogP contribution in [0.2, 0.25) is 0 Å². The average molecular weight is 542 g/mol. The van der Waals surface area contributed by atoms with E-state index in [0.29, 0.717) is 5.69 Å². The highest BCUT2D eigenvalue weighted by molar-refractivity contribution is 5.92. The zero-order valence-electron chi connectivity index (χ0n) is 24.1. The minimum absolute atomic E-state index is 0.0884. The van der Waals surface area contributed by atoms with Crippen LogP contribution in [0.1, 0.15) is 51.7 Å². The van der Waals surface area contributed by atoms with Crippen LogP contribution in [0.5, 0.6) is 17.2 Å². The molecule has 0 spiro atoms. The van der Waals surface area contributed by atoms with Crippen LogP contribution in [-0.4, -0.2) is 51.3 Å². The Bertz CT molecular complexity index is 1480. The number of pyridine rings is 1. The highest BCUT2D eigenvalue weighted by Gasteiger charge is 2.20. The van der Waals surface area contributed by atoms with Crippen molar-refractivity contribution in [3.05, 3.63) is 72.2 Å². The molecule has 0 aliphatic carbocycles. The van der Waals surface area contributed by atoms with Crippen molar-refractivity contribution in [1.82, 2.24) is 19.7 Å². The van der Waals surface area contributed by atoms with E-state index in [1.54, 1.807) is 12.4 Å². The van der Waals surface area contributed by atoms with Gasteiger partial charge in [-0.25, -0.2) is 0 Å². The topological polar surface area (TPSA) is 81.5 Å². The lowest BCUT2D eigenvalue weighted by Crippen LogP contribution is -2.37. The first-order chi connectivity index (χ1) is 19.2. The van der Waals surface area contributed by atoms with E-state index in [4.69, 9.17) is 9.47 Å². The lowest BCUT2D eigenvalue weighted by atomic mass is 10.1. The number of amides is 1. The molecule has 0 radical (unpaired) electrons. The molecule has 1 N–H and O–H groups in total. The molecule has 0 saturated carbocycles. The Morgan fingerprint density at radius 1 is 1.07 bits per heavy atom. The maximum Gasteiger partial charge on any atom is 0.228 e. The van der Waals surface area contributed by atoms with Crippen LogP contribution in [0.25, 0.3) is 10.9 Å². The number of benzene rings is 2. The maximum atomic E-state index is 12.7. The highest BCUT2D eigenvalue weighted by Crippen LogP contribution is 2.34. The molecule has 5 rings (SSSR count). The minimum atomic E-state index is -0.142. The van der Waals surface area contributed by atoms with Crippen molar-refractivity contribution in [2.45, 2.75) is 65.5 Å². The Hall–Kier alpha value is -3.91. The quantitative estimate of drug-likeness (QED) is 0.281. The monoisotopic (exact) mass is 541 g/mol. The first-order valence-corrected chi connectivity index (χ1v) is 14.1. The summed E-state index contributed by atoms with van der Waals surface area (Å²) < 4.78 is 14.6. The first kappa shape index (κ1) is 27.6. The van der Waals surface area contributed by atoms with Crippen molar-refractivity contribution >= 4 is 22.5 Å². The van der Waals surface area contributed by atoms with Crippen molar-refractivity contribution < 1.29 is 14.3 Å². The van der Waals surface area contributed by atoms with Crippen molar-refractivity contribution in [3.8, 4) is 17.2 Å². The van der Waals surface area contributed by atoms with Gasteiger partial charge >= 0.3 is 0 Å². The lowest BCUT2D eigenvalue weighted by molar-refractivity contribution is -0.115. The highest BCUT2D eigenvalue weighted by atomic mass is 16.5. The molecule has 8 heteroatoms. The van der Waals surface area contributed by atoms with E-state index in [1.165, 1.54) is 0 Å². The van der Waals surface area contributed by atoms with Gasteiger partial charge in [0.25, 0.3) is 0 Å². The van der Waals surface area contributed by atoms with Crippen LogP contribution in [-0.2, 0) is 16.8 Å². The molecule has 1 amide bonds. The Morgan fingerprint density at radius 2 is 1.88 bits per heavy atom. The molecule has 2 aromatic heterocycles. The largest absolute Gasteiger partial charge is 0.490 e. The van der Waals surface area contributed by atoms with E-state index in [-0.39, 0.29) is 24.0 Å². The van der Waals surface area contributed by atoms with Gasteiger partial charge in [0.05, 0.1) is 29.4 Å². The van der Waals surface area contributed by atoms with Crippen molar-refractivity contribution in [2.24, 2.45) is 0 Å². The van der Waals surface area contributed by atoms with Gasteiger partial charge in [0.1, 0.15) is 23.4 Å². The maximum absolute atomic E-state index is 12.7. The third-order valence-corrected chi connectivity index (χ3v) is 7.34. The molecule has 4 aromatic rings. The second-order valence-electron chi connectivity index (χ2n) is 11.5. The fourth-order valence-electron chi connectivity index (χ4n) is 5.00. The standard InChI is InChI=1S/C32H39N5O3/c1-6-36-15-12-25(13-16-36)39-26-8-9-28-27(19-26)30(11-14-33-28)40-29-10-7-23(17-22(29)2)18-31(38)35-24-20-34-37(21-24)32(3,4)5/h7-11,14,17,19-21,25H,6,12-13,15-16,18H2,1-5H3,(H,35,38). The van der Waals surface area contributed by atoms with E-state index < -0.39 is 0 Å². The minimum Gasteiger partial charge on any atom is -0.490 e. The zero-order valence-corrected chi connectivity index (χ0v) is 24.1. The van der Waals surface area contributed by atoms with Crippen LogP contribution >= 0.6 is 0 Å². The number of fused-ring (bicyclic) bond motifs is 1. The summed E-state index contributed by atoms with van der Waals surface area (Å²) in [5.74, 6) is 2.21. The molecule has 2 aromatic carbocycles. The summed E-state index contributed by atoms with van der Waals surface area (Å²) in [5.41, 5.74) is 3.26. The molecule has 1 saturated heterocycles. The molecule has 210 valence electrons. The number of nitrogens with zero attached hydrogens (tertiary/aromatic N) is 4. The molecule has 1 aliphatic heterocycles. The summed E-state index contributed by atoms with van der Waals surface area (Å²) in [7, 11) is 0. The van der Waals surface area contributed by atoms with Crippen molar-refractivity contribution in [3.63, 3.8) is 0 Å². The fourth-order valence-corrected chi connectivity index (χ4v) is 5.00. The Morgan fingerprint density at radius 3 is 2.58 bits per heavy atom. The van der Waals surface area contributed by atoms with Crippen LogP contribution in [0.3, 0.4) is 0 Å². The summed E-state index contributed by atoms with van der Waals surface area (Å²) in [6.45, 7) is 13.6. The van der Waals surface area contributed by atoms with Crippen LogP contribution in [0.15, 0.2) is 61.1 Å². The molecule has 1 fully saturated rings. The number of hydrogen-bond donors (Lipinski definition) is 1. The second kappa shape index (κ2) is 11.7. The molecule has 0 atom stereocenters. The van der Waals surface area contributed by atoms with E-state index in [1.807, 2.05) is 60.3 Å². The molecule has 40 heavy (non-hydrogen) atoms. The molecule has 3 heterocycles. The van der Waals surface area contributed by atoms with Crippen molar-refractivity contribution in [1.29, 1.82) is 0 Å². The summed E-state index contributed by atoms with van der Waals surface area (Å²) in [6, 6.07) is 13.7. The number of carbonyl (C=O) groups is 1. The van der Waals surface area contributed by atoms with Gasteiger partial charge in [-0.3, -0.25) is 14.5 Å². The van der Waals surface area contributed by atoms with E-state index in [0.717, 1.165) is 71.8 Å². The van der Waals surface area contributed by atoms with Crippen LogP contribution < -0.4 is 14.8 Å². The summed E-state index contributed by atoms with van der Waals surface area (Å²) in [5, 5.41) is 8.20. The van der Waals surface area contributed by atoms with Gasteiger partial charge in [-0.1, -0.05) is 19.1 Å². The van der Waals surface area contributed by atoms with Gasteiger partial charge in [0, 0.05) is 30.9 Å². The second-order valence-corrected chi connectivity index (χ2v) is 11.5. The van der Waals surface area contributed by atoms with Gasteiger partial charge in [-0.15, -0.1) is 0 Å². The van der Waals surface area contributed by atoms with Gasteiger partial charge in [-0.05, 0) is 88.5 Å². The number of hydrogen-bond acceptors (Lipinski definition) is 6. The van der Waals surface area contributed by atoms with E-state index in [9.17, 15) is 4.79 Å². The van der Waals surface area contributed by atoms with E-state index in [2.05, 4.69) is 48.0 Å². The van der Waals surface area contributed by atoms with E-state index >= 15 is 0 Å². The number of likely N-dealkylation sites (tertiary alicyclic amines) is 1. The molecule has 8 nitrogen and oxygen atoms in total. The molecular weight excluding hydrogens is 502 g/mol.